The van der Waals surface area contributed by atoms with Crippen molar-refractivity contribution in [2.24, 2.45) is 0 Å². The molecule has 0 amide bonds. The van der Waals surface area contributed by atoms with Gasteiger partial charge in [-0.1, -0.05) is 31.4 Å². The van der Waals surface area contributed by atoms with Gasteiger partial charge in [-0.05, 0) is 60.4 Å². The van der Waals surface area contributed by atoms with Crippen molar-refractivity contribution < 1.29 is 8.78 Å². The quantitative estimate of drug-likeness (QED) is 0.214. The molecule has 0 radical (unpaired) electrons. The van der Waals surface area contributed by atoms with Crippen LogP contribution in [-0.4, -0.2) is 45.4 Å². The molecule has 0 saturated carbocycles. The number of nitrogens with one attached hydrogen (secondary N) is 1. The summed E-state index contributed by atoms with van der Waals surface area (Å²) in [6.45, 7) is 12.6. The molecule has 3 N–H and O–H groups in total. The van der Waals surface area contributed by atoms with Crippen molar-refractivity contribution in [1.82, 2.24) is 19.9 Å². The lowest BCUT2D eigenvalue weighted by molar-refractivity contribution is 0.0131. The summed E-state index contributed by atoms with van der Waals surface area (Å²) >= 11 is 0. The number of hydrogen-bond acceptors (Lipinski definition) is 6. The minimum absolute atomic E-state index is 0.113. The molecule has 212 valence electrons. The van der Waals surface area contributed by atoms with E-state index in [1.807, 2.05) is 50.3 Å². The van der Waals surface area contributed by atoms with E-state index in [2.05, 4.69) is 46.3 Å². The van der Waals surface area contributed by atoms with E-state index >= 15 is 0 Å². The van der Waals surface area contributed by atoms with Crippen molar-refractivity contribution in [2.45, 2.75) is 32.6 Å². The van der Waals surface area contributed by atoms with Crippen LogP contribution in [0.2, 0.25) is 0 Å². The summed E-state index contributed by atoms with van der Waals surface area (Å²) < 4.78 is 27.3. The van der Waals surface area contributed by atoms with Gasteiger partial charge in [-0.2, -0.15) is 0 Å². The van der Waals surface area contributed by atoms with E-state index in [9.17, 15) is 8.78 Å². The molecule has 6 nitrogen and oxygen atoms in total. The Labute approximate surface area is 241 Å². The Morgan fingerprint density at radius 3 is 2.63 bits per heavy atom. The number of halogens is 2. The number of nitrogens with zero attached hydrogens (tertiary/aromatic N) is 4. The lowest BCUT2D eigenvalue weighted by atomic mass is 10.0. The fraction of sp³-hybridized carbons (Fsp3) is 0.242. The highest BCUT2D eigenvalue weighted by molar-refractivity contribution is 5.74. The van der Waals surface area contributed by atoms with Gasteiger partial charge in [-0.15, -0.1) is 12.8 Å². The summed E-state index contributed by atoms with van der Waals surface area (Å²) in [6, 6.07) is 7.72. The highest BCUT2D eigenvalue weighted by Crippen LogP contribution is 2.29. The molecule has 0 aliphatic carbocycles. The Morgan fingerprint density at radius 2 is 2.00 bits per heavy atom. The Morgan fingerprint density at radius 1 is 1.22 bits per heavy atom. The van der Waals surface area contributed by atoms with Crippen molar-refractivity contribution in [3.63, 3.8) is 0 Å². The first-order valence-electron chi connectivity index (χ1n) is 13.2. The van der Waals surface area contributed by atoms with Crippen molar-refractivity contribution in [3.05, 3.63) is 109 Å². The second-order valence-electron chi connectivity index (χ2n) is 9.73. The van der Waals surface area contributed by atoms with Crippen LogP contribution in [0.15, 0.2) is 91.7 Å². The average Bonchev–Trinajstić information content (AvgIpc) is 3.32. The van der Waals surface area contributed by atoms with Crippen molar-refractivity contribution in [3.8, 4) is 24.1 Å². The Balaban J connectivity index is 0.00000226. The second-order valence-corrected chi connectivity index (χ2v) is 9.73. The monoisotopic (exact) mass is 554 g/mol. The topological polar surface area (TPSA) is 80.0 Å². The molecule has 1 aliphatic rings. The standard InChI is InChI=1S/C31H34F2N6.C2H2/c1-5-23(19-39-12-10-31(32,33)20-39)14-24(6-2)29-15-25(27(34)17-37-29)13-21(3)38-30-18-35-16-26(22(30)4)28-9-7-8-11-36-28;1-2/h5-9,11,14-18,38H,1,3,10,12-13,19-20,34H2,2,4H3;1-2H/b23-14+,24-6+;. The maximum Gasteiger partial charge on any atom is 0.261 e. The van der Waals surface area contributed by atoms with Crippen LogP contribution in [0, 0.1) is 19.8 Å². The molecular formula is C33H36F2N6. The third kappa shape index (κ3) is 8.19. The third-order valence-corrected chi connectivity index (χ3v) is 6.76. The number of rotatable bonds is 10. The van der Waals surface area contributed by atoms with E-state index < -0.39 is 5.92 Å². The third-order valence-electron chi connectivity index (χ3n) is 6.76. The Bertz CT molecular complexity index is 1460. The number of likely N-dealkylation sites (tertiary alicyclic amines) is 1. The van der Waals surface area contributed by atoms with Gasteiger partial charge in [0.25, 0.3) is 5.92 Å². The molecule has 1 saturated heterocycles. The highest BCUT2D eigenvalue weighted by atomic mass is 19.3. The molecular weight excluding hydrogens is 518 g/mol. The van der Waals surface area contributed by atoms with E-state index in [0.29, 0.717) is 25.2 Å². The van der Waals surface area contributed by atoms with E-state index in [4.69, 9.17) is 5.73 Å². The van der Waals surface area contributed by atoms with Crippen LogP contribution in [0.1, 0.15) is 30.2 Å². The summed E-state index contributed by atoms with van der Waals surface area (Å²) in [4.78, 5) is 15.1. The van der Waals surface area contributed by atoms with Crippen LogP contribution in [0.25, 0.3) is 16.8 Å². The van der Waals surface area contributed by atoms with Crippen molar-refractivity contribution in [2.75, 3.05) is 30.7 Å². The lowest BCUT2D eigenvalue weighted by Gasteiger charge is -2.17. The maximum absolute atomic E-state index is 13.6. The fourth-order valence-corrected chi connectivity index (χ4v) is 4.59. The molecule has 1 fully saturated rings. The molecule has 3 aromatic rings. The number of alkyl halides is 2. The van der Waals surface area contributed by atoms with Gasteiger partial charge in [0.1, 0.15) is 0 Å². The predicted octanol–water partition coefficient (Wildman–Crippen LogP) is 6.70. The first kappa shape index (κ1) is 30.9. The summed E-state index contributed by atoms with van der Waals surface area (Å²) in [5.41, 5.74) is 14.6. The van der Waals surface area contributed by atoms with Crippen LogP contribution in [-0.2, 0) is 6.42 Å². The zero-order valence-corrected chi connectivity index (χ0v) is 23.6. The SMILES string of the molecule is C#C.C=C/C(=C\C(=C/C)c1cc(CC(=C)Nc2cncc(-c3ccccn3)c2C)c(N)cn1)CN1CCC(F)(F)C1. The molecule has 0 spiro atoms. The number of aromatic nitrogens is 3. The predicted molar refractivity (Wildman–Crippen MR) is 165 cm³/mol. The van der Waals surface area contributed by atoms with Crippen molar-refractivity contribution >= 4 is 16.9 Å². The Hall–Kier alpha value is -4.61. The molecule has 0 unspecified atom stereocenters. The summed E-state index contributed by atoms with van der Waals surface area (Å²) in [6.07, 6.45) is 20.9. The van der Waals surface area contributed by atoms with Crippen LogP contribution < -0.4 is 11.1 Å². The number of nitrogens with two attached hydrogens (primary N) is 1. The van der Waals surface area contributed by atoms with E-state index in [-0.39, 0.29) is 13.0 Å². The smallest absolute Gasteiger partial charge is 0.261 e. The first-order valence-corrected chi connectivity index (χ1v) is 13.2. The first-order chi connectivity index (χ1) is 19.7. The lowest BCUT2D eigenvalue weighted by Crippen LogP contribution is -2.26. The number of pyridine rings is 3. The van der Waals surface area contributed by atoms with Crippen LogP contribution in [0.4, 0.5) is 20.2 Å². The molecule has 1 aliphatic heterocycles. The van der Waals surface area contributed by atoms with E-state index in [0.717, 1.165) is 50.6 Å². The van der Waals surface area contributed by atoms with Gasteiger partial charge < -0.3 is 11.1 Å². The molecule has 8 heteroatoms. The van der Waals surface area contributed by atoms with Gasteiger partial charge in [0.05, 0.1) is 41.7 Å². The van der Waals surface area contributed by atoms with Gasteiger partial charge in [0.2, 0.25) is 0 Å². The van der Waals surface area contributed by atoms with E-state index in [1.165, 1.54) is 0 Å². The number of terminal acetylenes is 1. The average molecular weight is 555 g/mol. The Kier molecular flexibility index (Phi) is 10.7. The van der Waals surface area contributed by atoms with Crippen LogP contribution >= 0.6 is 0 Å². The minimum Gasteiger partial charge on any atom is -0.397 e. The molecule has 3 aromatic heterocycles. The molecule has 41 heavy (non-hydrogen) atoms. The molecule has 0 atom stereocenters. The van der Waals surface area contributed by atoms with Crippen molar-refractivity contribution in [1.29, 1.82) is 0 Å². The number of allylic oxidation sites excluding steroid dienone is 4. The van der Waals surface area contributed by atoms with Crippen LogP contribution in [0.3, 0.4) is 0 Å². The summed E-state index contributed by atoms with van der Waals surface area (Å²) in [5, 5.41) is 3.38. The largest absolute Gasteiger partial charge is 0.397 e. The number of hydrogen-bond donors (Lipinski definition) is 2. The van der Waals surface area contributed by atoms with Gasteiger partial charge >= 0.3 is 0 Å². The zero-order valence-electron chi connectivity index (χ0n) is 23.6. The zero-order chi connectivity index (χ0) is 30.0. The van der Waals surface area contributed by atoms with E-state index in [1.54, 1.807) is 35.8 Å². The van der Waals surface area contributed by atoms with Gasteiger partial charge in [0.15, 0.2) is 0 Å². The second kappa shape index (κ2) is 14.1. The van der Waals surface area contributed by atoms with Gasteiger partial charge in [-0.3, -0.25) is 19.9 Å². The van der Waals surface area contributed by atoms with Crippen LogP contribution in [0.5, 0.6) is 0 Å². The normalized spacial score (nSPS) is 15.1. The molecule has 4 rings (SSSR count). The van der Waals surface area contributed by atoms with Gasteiger partial charge in [0, 0.05) is 49.6 Å². The fourth-order valence-electron chi connectivity index (χ4n) is 4.59. The van der Waals surface area contributed by atoms with Gasteiger partial charge in [-0.25, -0.2) is 8.78 Å². The summed E-state index contributed by atoms with van der Waals surface area (Å²) in [7, 11) is 0. The molecule has 0 bridgehead atoms. The maximum atomic E-state index is 13.6. The number of nitrogen functional groups attached to an aromatic ring is 1. The summed E-state index contributed by atoms with van der Waals surface area (Å²) in [5.74, 6) is -2.63. The molecule has 4 heterocycles. The highest BCUT2D eigenvalue weighted by Gasteiger charge is 2.37. The number of anilines is 2. The molecule has 0 aromatic carbocycles. The minimum atomic E-state index is -2.63.